The summed E-state index contributed by atoms with van der Waals surface area (Å²) in [5, 5.41) is 2.75. The molecular formula is C28H32N2O3S. The Morgan fingerprint density at radius 3 is 2.35 bits per heavy atom. The van der Waals surface area contributed by atoms with Crippen molar-refractivity contribution in [3.63, 3.8) is 0 Å². The average molecular weight is 477 g/mol. The summed E-state index contributed by atoms with van der Waals surface area (Å²) in [6.45, 7) is 2.39. The second-order valence-corrected chi connectivity index (χ2v) is 9.27. The fourth-order valence-corrected chi connectivity index (χ4v) is 4.56. The number of aryl methyl sites for hydroxylation is 1. The molecule has 2 amide bonds. The van der Waals surface area contributed by atoms with Crippen LogP contribution in [0.5, 0.6) is 5.75 Å². The number of likely N-dealkylation sites (N-methyl/N-ethyl adjacent to an activating group) is 1. The third-order valence-corrected chi connectivity index (χ3v) is 6.62. The lowest BCUT2D eigenvalue weighted by molar-refractivity contribution is -0.140. The zero-order chi connectivity index (χ0) is 24.3. The highest BCUT2D eigenvalue weighted by Crippen LogP contribution is 2.22. The second kappa shape index (κ2) is 12.8. The molecule has 0 aliphatic carbocycles. The van der Waals surface area contributed by atoms with Gasteiger partial charge in [-0.1, -0.05) is 60.2 Å². The van der Waals surface area contributed by atoms with Gasteiger partial charge < -0.3 is 15.0 Å². The third-order valence-electron chi connectivity index (χ3n) is 5.61. The molecule has 34 heavy (non-hydrogen) atoms. The van der Waals surface area contributed by atoms with Gasteiger partial charge in [0.15, 0.2) is 0 Å². The minimum Gasteiger partial charge on any atom is -0.497 e. The lowest BCUT2D eigenvalue weighted by atomic mass is 10.0. The molecule has 1 atom stereocenters. The van der Waals surface area contributed by atoms with Crippen LogP contribution < -0.4 is 10.1 Å². The van der Waals surface area contributed by atoms with Crippen LogP contribution in [0.4, 0.5) is 0 Å². The lowest BCUT2D eigenvalue weighted by Gasteiger charge is -2.31. The number of hydrogen-bond acceptors (Lipinski definition) is 4. The molecule has 0 aliphatic heterocycles. The van der Waals surface area contributed by atoms with E-state index < -0.39 is 6.04 Å². The van der Waals surface area contributed by atoms with Crippen LogP contribution in [0.1, 0.15) is 23.1 Å². The zero-order valence-electron chi connectivity index (χ0n) is 20.0. The Hall–Kier alpha value is -3.25. The molecule has 0 aromatic heterocycles. The third kappa shape index (κ3) is 7.39. The van der Waals surface area contributed by atoms with Gasteiger partial charge in [-0.05, 0) is 42.3 Å². The number of amides is 2. The van der Waals surface area contributed by atoms with Crippen molar-refractivity contribution in [2.75, 3.05) is 19.9 Å². The lowest BCUT2D eigenvalue weighted by Crippen LogP contribution is -2.49. The Labute approximate surface area is 206 Å². The van der Waals surface area contributed by atoms with E-state index in [9.17, 15) is 9.59 Å². The highest BCUT2D eigenvalue weighted by molar-refractivity contribution is 7.99. The highest BCUT2D eigenvalue weighted by Gasteiger charge is 2.29. The monoisotopic (exact) mass is 476 g/mol. The number of nitrogens with zero attached hydrogens (tertiary/aromatic N) is 1. The molecule has 0 bridgehead atoms. The van der Waals surface area contributed by atoms with E-state index in [0.717, 1.165) is 21.8 Å². The average Bonchev–Trinajstić information content (AvgIpc) is 2.87. The first-order valence-corrected chi connectivity index (χ1v) is 12.4. The van der Waals surface area contributed by atoms with Crippen LogP contribution in [-0.4, -0.2) is 42.7 Å². The van der Waals surface area contributed by atoms with E-state index >= 15 is 0 Å². The van der Waals surface area contributed by atoms with Crippen LogP contribution in [0.2, 0.25) is 0 Å². The Morgan fingerprint density at radius 1 is 0.971 bits per heavy atom. The molecular weight excluding hydrogens is 444 g/mol. The number of nitrogens with one attached hydrogen (secondary N) is 1. The van der Waals surface area contributed by atoms with Crippen molar-refractivity contribution in [1.82, 2.24) is 10.2 Å². The van der Waals surface area contributed by atoms with Gasteiger partial charge in [0, 0.05) is 37.1 Å². The van der Waals surface area contributed by atoms with E-state index in [1.165, 1.54) is 5.56 Å². The fourth-order valence-electron chi connectivity index (χ4n) is 3.72. The minimum absolute atomic E-state index is 0.0491. The van der Waals surface area contributed by atoms with Crippen molar-refractivity contribution in [2.24, 2.45) is 0 Å². The number of benzene rings is 3. The molecule has 0 radical (unpaired) electrons. The smallest absolute Gasteiger partial charge is 0.242 e. The van der Waals surface area contributed by atoms with Crippen molar-refractivity contribution in [1.29, 1.82) is 0 Å². The molecule has 0 fully saturated rings. The molecule has 6 heteroatoms. The topological polar surface area (TPSA) is 58.6 Å². The van der Waals surface area contributed by atoms with Crippen LogP contribution in [0.25, 0.3) is 0 Å². The fraction of sp³-hybridized carbons (Fsp3) is 0.286. The van der Waals surface area contributed by atoms with Gasteiger partial charge >= 0.3 is 0 Å². The van der Waals surface area contributed by atoms with Gasteiger partial charge in [-0.15, -0.1) is 11.8 Å². The Kier molecular flexibility index (Phi) is 9.59. The summed E-state index contributed by atoms with van der Waals surface area (Å²) < 4.78 is 5.36. The Balaban J connectivity index is 1.81. The molecule has 0 spiro atoms. The van der Waals surface area contributed by atoms with Crippen molar-refractivity contribution < 1.29 is 14.3 Å². The first-order valence-electron chi connectivity index (χ1n) is 11.4. The van der Waals surface area contributed by atoms with Gasteiger partial charge in [-0.2, -0.15) is 0 Å². The number of carbonyl (C=O) groups excluding carboxylic acids is 2. The van der Waals surface area contributed by atoms with Crippen molar-refractivity contribution in [3.8, 4) is 5.75 Å². The number of thioether (sulfide) groups is 1. The van der Waals surface area contributed by atoms with Gasteiger partial charge in [0.2, 0.25) is 11.8 Å². The summed E-state index contributed by atoms with van der Waals surface area (Å²) in [5.41, 5.74) is 3.13. The zero-order valence-corrected chi connectivity index (χ0v) is 20.8. The second-order valence-electron chi connectivity index (χ2n) is 8.10. The molecule has 3 aromatic rings. The quantitative estimate of drug-likeness (QED) is 0.401. The molecule has 178 valence electrons. The van der Waals surface area contributed by atoms with Crippen molar-refractivity contribution in [2.45, 2.75) is 37.2 Å². The summed E-state index contributed by atoms with van der Waals surface area (Å²) in [7, 11) is 3.23. The maximum absolute atomic E-state index is 13.5. The summed E-state index contributed by atoms with van der Waals surface area (Å²) in [4.78, 5) is 29.3. The first-order chi connectivity index (χ1) is 16.5. The van der Waals surface area contributed by atoms with E-state index in [2.05, 4.69) is 36.5 Å². The molecule has 0 heterocycles. The summed E-state index contributed by atoms with van der Waals surface area (Å²) >= 11 is 1.65. The minimum atomic E-state index is -0.615. The van der Waals surface area contributed by atoms with Crippen molar-refractivity contribution >= 4 is 23.6 Å². The van der Waals surface area contributed by atoms with E-state index in [4.69, 9.17) is 4.74 Å². The van der Waals surface area contributed by atoms with Crippen LogP contribution in [0, 0.1) is 6.92 Å². The molecule has 3 rings (SSSR count). The Morgan fingerprint density at radius 2 is 1.68 bits per heavy atom. The molecule has 3 aromatic carbocycles. The van der Waals surface area contributed by atoms with Crippen LogP contribution in [0.15, 0.2) is 83.8 Å². The number of hydrogen-bond donors (Lipinski definition) is 1. The van der Waals surface area contributed by atoms with Crippen LogP contribution >= 0.6 is 11.8 Å². The molecule has 0 aliphatic rings. The van der Waals surface area contributed by atoms with E-state index in [-0.39, 0.29) is 11.8 Å². The maximum atomic E-state index is 13.5. The van der Waals surface area contributed by atoms with E-state index in [1.807, 2.05) is 54.6 Å². The van der Waals surface area contributed by atoms with Gasteiger partial charge in [0.05, 0.1) is 7.11 Å². The number of methoxy groups -OCH3 is 1. The SMILES string of the molecule is CNC(=O)[C@H](Cc1ccccc1)N(Cc1cccc(OC)c1)C(=O)CCSc1ccc(C)cc1. The van der Waals surface area contributed by atoms with Crippen LogP contribution in [0.3, 0.4) is 0 Å². The van der Waals surface area contributed by atoms with Crippen LogP contribution in [-0.2, 0) is 22.6 Å². The Bertz CT molecular complexity index is 1070. The summed E-state index contributed by atoms with van der Waals surface area (Å²) in [5.74, 6) is 1.14. The predicted molar refractivity (Wildman–Crippen MR) is 138 cm³/mol. The van der Waals surface area contributed by atoms with E-state index in [0.29, 0.717) is 25.1 Å². The van der Waals surface area contributed by atoms with Gasteiger partial charge in [-0.25, -0.2) is 0 Å². The molecule has 1 N–H and O–H groups in total. The van der Waals surface area contributed by atoms with Gasteiger partial charge in [0.1, 0.15) is 11.8 Å². The maximum Gasteiger partial charge on any atom is 0.242 e. The van der Waals surface area contributed by atoms with E-state index in [1.54, 1.807) is 30.8 Å². The highest BCUT2D eigenvalue weighted by atomic mass is 32.2. The largest absolute Gasteiger partial charge is 0.497 e. The number of carbonyl (C=O) groups is 2. The predicted octanol–water partition coefficient (Wildman–Crippen LogP) is 4.87. The molecule has 0 unspecified atom stereocenters. The normalized spacial score (nSPS) is 11.5. The standard InChI is InChI=1S/C28H32N2O3S/c1-21-12-14-25(15-13-21)34-17-16-27(31)30(20-23-10-7-11-24(18-23)33-3)26(28(32)29-2)19-22-8-5-4-6-9-22/h4-15,18,26H,16-17,19-20H2,1-3H3,(H,29,32)/t26-/m0/s1. The summed E-state index contributed by atoms with van der Waals surface area (Å²) in [6.07, 6.45) is 0.784. The van der Waals surface area contributed by atoms with Crippen molar-refractivity contribution in [3.05, 3.63) is 95.6 Å². The summed E-state index contributed by atoms with van der Waals surface area (Å²) in [6, 6.07) is 25.1. The van der Waals surface area contributed by atoms with Gasteiger partial charge in [-0.3, -0.25) is 9.59 Å². The number of ether oxygens (including phenoxy) is 1. The molecule has 5 nitrogen and oxygen atoms in total. The number of rotatable bonds is 11. The van der Waals surface area contributed by atoms with Gasteiger partial charge in [0.25, 0.3) is 0 Å². The molecule has 0 saturated carbocycles. The molecule has 0 saturated heterocycles. The first kappa shape index (κ1) is 25.4.